The number of aromatic nitrogens is 1. The van der Waals surface area contributed by atoms with Crippen LogP contribution in [0.5, 0.6) is 0 Å². The number of aryl methyl sites for hydroxylation is 1. The molecule has 4 nitrogen and oxygen atoms in total. The Morgan fingerprint density at radius 3 is 2.73 bits per heavy atom. The Kier molecular flexibility index (Phi) is 5.39. The van der Waals surface area contributed by atoms with Gasteiger partial charge in [-0.1, -0.05) is 25.4 Å². The summed E-state index contributed by atoms with van der Waals surface area (Å²) in [4.78, 5) is 16.2. The molecule has 0 spiro atoms. The maximum atomic E-state index is 12.0. The lowest BCUT2D eigenvalue weighted by atomic mass is 10.2. The molecule has 1 aromatic carbocycles. The van der Waals surface area contributed by atoms with Gasteiger partial charge >= 0.3 is 0 Å². The highest BCUT2D eigenvalue weighted by molar-refractivity contribution is 6.30. The predicted molar refractivity (Wildman–Crippen MR) is 90.9 cm³/mol. The summed E-state index contributed by atoms with van der Waals surface area (Å²) in [5.41, 5.74) is 3.20. The number of nitrogens with zero attached hydrogens (tertiary/aromatic N) is 1. The second-order valence-electron chi connectivity index (χ2n) is 5.62. The van der Waals surface area contributed by atoms with Gasteiger partial charge in [0.1, 0.15) is 5.69 Å². The third kappa shape index (κ3) is 4.46. The molecule has 0 bridgehead atoms. The lowest BCUT2D eigenvalue weighted by Gasteiger charge is -2.11. The van der Waals surface area contributed by atoms with Gasteiger partial charge in [0, 0.05) is 29.1 Å². The normalized spacial score (nSPS) is 10.6. The summed E-state index contributed by atoms with van der Waals surface area (Å²) in [6.07, 6.45) is 1.62. The van der Waals surface area contributed by atoms with Crippen molar-refractivity contribution in [2.45, 2.75) is 20.8 Å². The Balaban J connectivity index is 2.12. The summed E-state index contributed by atoms with van der Waals surface area (Å²) in [5, 5.41) is 6.84. The molecule has 116 valence electrons. The molecule has 1 aromatic heterocycles. The first kappa shape index (κ1) is 16.3. The fourth-order valence-corrected chi connectivity index (χ4v) is 2.17. The van der Waals surface area contributed by atoms with Crippen molar-refractivity contribution in [2.24, 2.45) is 5.92 Å². The van der Waals surface area contributed by atoms with Gasteiger partial charge in [0.25, 0.3) is 5.91 Å². The number of hydrogen-bond acceptors (Lipinski definition) is 3. The standard InChI is InChI=1S/C17H20ClN3O/c1-11(2)10-20-17(22)16-9-14(6-7-19-16)21-15-5-4-13(18)8-12(15)3/h4-9,11H,10H2,1-3H3,(H,19,21)(H,20,22). The molecule has 0 atom stereocenters. The Labute approximate surface area is 135 Å². The van der Waals surface area contributed by atoms with Crippen molar-refractivity contribution in [3.63, 3.8) is 0 Å². The van der Waals surface area contributed by atoms with Crippen LogP contribution in [0.15, 0.2) is 36.5 Å². The fraction of sp³-hybridized carbons (Fsp3) is 0.294. The molecule has 2 aromatic rings. The van der Waals surface area contributed by atoms with E-state index in [-0.39, 0.29) is 5.91 Å². The quantitative estimate of drug-likeness (QED) is 0.870. The largest absolute Gasteiger partial charge is 0.355 e. The summed E-state index contributed by atoms with van der Waals surface area (Å²) >= 11 is 5.96. The summed E-state index contributed by atoms with van der Waals surface area (Å²) in [7, 11) is 0. The van der Waals surface area contributed by atoms with Gasteiger partial charge in [-0.3, -0.25) is 9.78 Å². The third-order valence-corrected chi connectivity index (χ3v) is 3.37. The van der Waals surface area contributed by atoms with E-state index in [0.29, 0.717) is 23.2 Å². The zero-order chi connectivity index (χ0) is 16.1. The average Bonchev–Trinajstić information content (AvgIpc) is 2.48. The molecular weight excluding hydrogens is 298 g/mol. The topological polar surface area (TPSA) is 54.0 Å². The van der Waals surface area contributed by atoms with Crippen LogP contribution in [0.2, 0.25) is 5.02 Å². The van der Waals surface area contributed by atoms with Gasteiger partial charge in [0.05, 0.1) is 0 Å². The SMILES string of the molecule is Cc1cc(Cl)ccc1Nc1ccnc(C(=O)NCC(C)C)c1. The number of carbonyl (C=O) groups excluding carboxylic acids is 1. The Morgan fingerprint density at radius 2 is 2.05 bits per heavy atom. The molecule has 2 N–H and O–H groups in total. The van der Waals surface area contributed by atoms with Crippen LogP contribution in [-0.4, -0.2) is 17.4 Å². The van der Waals surface area contributed by atoms with Crippen LogP contribution in [-0.2, 0) is 0 Å². The van der Waals surface area contributed by atoms with Gasteiger partial charge in [-0.05, 0) is 48.7 Å². The molecule has 0 aliphatic carbocycles. The minimum atomic E-state index is -0.162. The number of hydrogen-bond donors (Lipinski definition) is 2. The summed E-state index contributed by atoms with van der Waals surface area (Å²) in [6.45, 7) is 6.71. The van der Waals surface area contributed by atoms with E-state index in [4.69, 9.17) is 11.6 Å². The zero-order valence-electron chi connectivity index (χ0n) is 13.0. The van der Waals surface area contributed by atoms with Gasteiger partial charge in [-0.2, -0.15) is 0 Å². The van der Waals surface area contributed by atoms with Gasteiger partial charge in [0.2, 0.25) is 0 Å². The smallest absolute Gasteiger partial charge is 0.269 e. The highest BCUT2D eigenvalue weighted by Gasteiger charge is 2.09. The van der Waals surface area contributed by atoms with Crippen molar-refractivity contribution in [1.82, 2.24) is 10.3 Å². The zero-order valence-corrected chi connectivity index (χ0v) is 13.7. The summed E-state index contributed by atoms with van der Waals surface area (Å²) in [6, 6.07) is 9.20. The molecule has 0 saturated heterocycles. The molecule has 1 amide bonds. The van der Waals surface area contributed by atoms with Crippen molar-refractivity contribution in [3.8, 4) is 0 Å². The molecule has 0 saturated carbocycles. The average molecular weight is 318 g/mol. The van der Waals surface area contributed by atoms with Crippen molar-refractivity contribution in [2.75, 3.05) is 11.9 Å². The number of halogens is 1. The molecule has 0 radical (unpaired) electrons. The number of anilines is 2. The van der Waals surface area contributed by atoms with Gasteiger partial charge in [0.15, 0.2) is 0 Å². The Bertz CT molecular complexity index is 671. The number of benzene rings is 1. The van der Waals surface area contributed by atoms with E-state index in [1.54, 1.807) is 12.3 Å². The van der Waals surface area contributed by atoms with Crippen LogP contribution in [0.3, 0.4) is 0 Å². The number of amides is 1. The maximum Gasteiger partial charge on any atom is 0.269 e. The molecule has 0 aliphatic heterocycles. The van der Waals surface area contributed by atoms with Crippen molar-refractivity contribution in [1.29, 1.82) is 0 Å². The van der Waals surface area contributed by atoms with Crippen LogP contribution in [0.25, 0.3) is 0 Å². The molecule has 0 aliphatic rings. The number of rotatable bonds is 5. The van der Waals surface area contributed by atoms with E-state index < -0.39 is 0 Å². The molecule has 22 heavy (non-hydrogen) atoms. The lowest BCUT2D eigenvalue weighted by molar-refractivity contribution is 0.0944. The van der Waals surface area contributed by atoms with Crippen molar-refractivity contribution < 1.29 is 4.79 Å². The monoisotopic (exact) mass is 317 g/mol. The van der Waals surface area contributed by atoms with Crippen LogP contribution < -0.4 is 10.6 Å². The summed E-state index contributed by atoms with van der Waals surface area (Å²) < 4.78 is 0. The first-order valence-electron chi connectivity index (χ1n) is 7.23. The van der Waals surface area contributed by atoms with Crippen LogP contribution in [0, 0.1) is 12.8 Å². The van der Waals surface area contributed by atoms with E-state index in [1.165, 1.54) is 0 Å². The van der Waals surface area contributed by atoms with Crippen LogP contribution >= 0.6 is 11.6 Å². The number of nitrogens with one attached hydrogen (secondary N) is 2. The second-order valence-corrected chi connectivity index (χ2v) is 6.05. The van der Waals surface area contributed by atoms with Crippen LogP contribution in [0.1, 0.15) is 29.9 Å². The number of pyridine rings is 1. The maximum absolute atomic E-state index is 12.0. The molecular formula is C17H20ClN3O. The Morgan fingerprint density at radius 1 is 1.27 bits per heavy atom. The third-order valence-electron chi connectivity index (χ3n) is 3.13. The second kappa shape index (κ2) is 7.27. The molecule has 0 unspecified atom stereocenters. The van der Waals surface area contributed by atoms with E-state index in [9.17, 15) is 4.79 Å². The summed E-state index contributed by atoms with van der Waals surface area (Å²) in [5.74, 6) is 0.243. The van der Waals surface area contributed by atoms with Crippen molar-refractivity contribution >= 4 is 28.9 Å². The van der Waals surface area contributed by atoms with Crippen LogP contribution in [0.4, 0.5) is 11.4 Å². The highest BCUT2D eigenvalue weighted by atomic mass is 35.5. The van der Waals surface area contributed by atoms with E-state index in [1.807, 2.05) is 31.2 Å². The first-order valence-corrected chi connectivity index (χ1v) is 7.61. The first-order chi connectivity index (χ1) is 10.5. The fourth-order valence-electron chi connectivity index (χ4n) is 1.94. The molecule has 1 heterocycles. The minimum Gasteiger partial charge on any atom is -0.355 e. The predicted octanol–water partition coefficient (Wildman–Crippen LogP) is 4.17. The number of carbonyl (C=O) groups is 1. The van der Waals surface area contributed by atoms with E-state index in [2.05, 4.69) is 29.5 Å². The highest BCUT2D eigenvalue weighted by Crippen LogP contribution is 2.23. The van der Waals surface area contributed by atoms with Gasteiger partial charge < -0.3 is 10.6 Å². The lowest BCUT2D eigenvalue weighted by Crippen LogP contribution is -2.28. The van der Waals surface area contributed by atoms with Crippen molar-refractivity contribution in [3.05, 3.63) is 52.8 Å². The van der Waals surface area contributed by atoms with Gasteiger partial charge in [-0.25, -0.2) is 0 Å². The minimum absolute atomic E-state index is 0.162. The van der Waals surface area contributed by atoms with E-state index >= 15 is 0 Å². The molecule has 5 heteroatoms. The Hall–Kier alpha value is -2.07. The van der Waals surface area contributed by atoms with Gasteiger partial charge in [-0.15, -0.1) is 0 Å². The molecule has 2 rings (SSSR count). The van der Waals surface area contributed by atoms with E-state index in [0.717, 1.165) is 16.9 Å². The molecule has 0 fully saturated rings.